The molecule has 5 heteroatoms. The van der Waals surface area contributed by atoms with Crippen LogP contribution in [0.25, 0.3) is 11.0 Å². The molecule has 14 heavy (non-hydrogen) atoms. The van der Waals surface area contributed by atoms with Gasteiger partial charge in [0.1, 0.15) is 4.60 Å². The zero-order valence-electron chi connectivity index (χ0n) is 7.83. The molecular weight excluding hydrogens is 357 g/mol. The highest BCUT2D eigenvalue weighted by Gasteiger charge is 2.11. The van der Waals surface area contributed by atoms with Crippen LogP contribution in [0.4, 0.5) is 0 Å². The summed E-state index contributed by atoms with van der Waals surface area (Å²) in [7, 11) is 0. The van der Waals surface area contributed by atoms with Crippen molar-refractivity contribution in [2.24, 2.45) is 0 Å². The number of nitrogens with zero attached hydrogens (tertiary/aromatic N) is 3. The van der Waals surface area contributed by atoms with E-state index in [1.165, 1.54) is 0 Å². The van der Waals surface area contributed by atoms with Gasteiger partial charge in [0.15, 0.2) is 5.65 Å². The second-order valence-electron chi connectivity index (χ2n) is 3.35. The highest BCUT2D eigenvalue weighted by molar-refractivity contribution is 14.1. The van der Waals surface area contributed by atoms with Gasteiger partial charge in [0.25, 0.3) is 0 Å². The Labute approximate surface area is 104 Å². The topological polar surface area (TPSA) is 30.7 Å². The van der Waals surface area contributed by atoms with Crippen molar-refractivity contribution in [3.63, 3.8) is 0 Å². The number of aromatic nitrogens is 3. The van der Waals surface area contributed by atoms with E-state index in [-0.39, 0.29) is 0 Å². The fourth-order valence-corrected chi connectivity index (χ4v) is 2.24. The summed E-state index contributed by atoms with van der Waals surface area (Å²) in [5, 5.41) is 5.47. The van der Waals surface area contributed by atoms with Crippen molar-refractivity contribution in [2.75, 3.05) is 0 Å². The Morgan fingerprint density at radius 2 is 2.21 bits per heavy atom. The van der Waals surface area contributed by atoms with Crippen LogP contribution in [0.2, 0.25) is 0 Å². The minimum Gasteiger partial charge on any atom is -0.244 e. The highest BCUT2D eigenvalue weighted by Crippen LogP contribution is 2.25. The molecule has 0 amide bonds. The van der Waals surface area contributed by atoms with Crippen molar-refractivity contribution in [1.29, 1.82) is 0 Å². The summed E-state index contributed by atoms with van der Waals surface area (Å²) in [6, 6.07) is 2.41. The second kappa shape index (κ2) is 3.77. The third-order valence-electron chi connectivity index (χ3n) is 1.96. The molecule has 2 rings (SSSR count). The largest absolute Gasteiger partial charge is 0.244 e. The Kier molecular flexibility index (Phi) is 2.79. The maximum atomic E-state index is 4.40. The lowest BCUT2D eigenvalue weighted by Crippen LogP contribution is -2.03. The fraction of sp³-hybridized carbons (Fsp3) is 0.333. The average Bonchev–Trinajstić information content (AvgIpc) is 2.44. The van der Waals surface area contributed by atoms with Crippen LogP contribution >= 0.6 is 38.5 Å². The van der Waals surface area contributed by atoms with E-state index in [0.29, 0.717) is 6.04 Å². The van der Waals surface area contributed by atoms with Crippen LogP contribution in [0.1, 0.15) is 19.9 Å². The Morgan fingerprint density at radius 3 is 2.86 bits per heavy atom. The van der Waals surface area contributed by atoms with Gasteiger partial charge in [-0.2, -0.15) is 5.10 Å². The maximum absolute atomic E-state index is 4.40. The molecule has 0 saturated heterocycles. The Hall–Kier alpha value is -0.170. The van der Waals surface area contributed by atoms with Gasteiger partial charge in [-0.1, -0.05) is 0 Å². The summed E-state index contributed by atoms with van der Waals surface area (Å²) >= 11 is 5.70. The smallest absolute Gasteiger partial charge is 0.159 e. The highest BCUT2D eigenvalue weighted by atomic mass is 127. The molecular formula is C9H9BrIN3. The number of hydrogen-bond donors (Lipinski definition) is 0. The standard InChI is InChI=1S/C9H9BrIN3/c1-5(2)14-9-7(8(10)13-14)3-6(11)4-12-9/h3-5H,1-2H3. The van der Waals surface area contributed by atoms with E-state index >= 15 is 0 Å². The van der Waals surface area contributed by atoms with Crippen LogP contribution < -0.4 is 0 Å². The molecule has 0 aliphatic rings. The molecule has 0 aromatic carbocycles. The Balaban J connectivity index is 2.77. The molecule has 0 saturated carbocycles. The van der Waals surface area contributed by atoms with E-state index in [2.05, 4.69) is 68.5 Å². The van der Waals surface area contributed by atoms with Gasteiger partial charge in [0.05, 0.1) is 5.39 Å². The zero-order valence-corrected chi connectivity index (χ0v) is 11.6. The van der Waals surface area contributed by atoms with Crippen LogP contribution in [0.3, 0.4) is 0 Å². The first kappa shape index (κ1) is 10.4. The van der Waals surface area contributed by atoms with Crippen LogP contribution in [0, 0.1) is 3.57 Å². The van der Waals surface area contributed by atoms with Gasteiger partial charge < -0.3 is 0 Å². The average molecular weight is 366 g/mol. The molecule has 2 aromatic rings. The lowest BCUT2D eigenvalue weighted by atomic mass is 10.3. The molecule has 0 aliphatic carbocycles. The van der Waals surface area contributed by atoms with Gasteiger partial charge >= 0.3 is 0 Å². The minimum absolute atomic E-state index is 0.330. The van der Waals surface area contributed by atoms with Crippen molar-refractivity contribution in [2.45, 2.75) is 19.9 Å². The third kappa shape index (κ3) is 1.67. The maximum Gasteiger partial charge on any atom is 0.159 e. The molecule has 0 atom stereocenters. The number of fused-ring (bicyclic) bond motifs is 1. The third-order valence-corrected chi connectivity index (χ3v) is 3.13. The minimum atomic E-state index is 0.330. The predicted octanol–water partition coefficient (Wildman–Crippen LogP) is 3.38. The molecule has 3 nitrogen and oxygen atoms in total. The molecule has 74 valence electrons. The second-order valence-corrected chi connectivity index (χ2v) is 5.35. The van der Waals surface area contributed by atoms with Gasteiger partial charge in [-0.05, 0) is 58.4 Å². The van der Waals surface area contributed by atoms with Gasteiger partial charge in [-0.3, -0.25) is 0 Å². The van der Waals surface area contributed by atoms with Gasteiger partial charge in [-0.25, -0.2) is 9.67 Å². The first-order valence-electron chi connectivity index (χ1n) is 4.29. The molecule has 2 aromatic heterocycles. The van der Waals surface area contributed by atoms with Crippen molar-refractivity contribution in [1.82, 2.24) is 14.8 Å². The molecule has 0 N–H and O–H groups in total. The van der Waals surface area contributed by atoms with Crippen LogP contribution in [0.5, 0.6) is 0 Å². The molecule has 0 bridgehead atoms. The summed E-state index contributed by atoms with van der Waals surface area (Å²) in [5.41, 5.74) is 0.937. The normalized spacial score (nSPS) is 11.5. The molecule has 0 unspecified atom stereocenters. The van der Waals surface area contributed by atoms with E-state index in [1.807, 2.05) is 10.9 Å². The SMILES string of the molecule is CC(C)n1nc(Br)c2cc(I)cnc21. The van der Waals surface area contributed by atoms with E-state index in [4.69, 9.17) is 0 Å². The summed E-state index contributed by atoms with van der Waals surface area (Å²) < 4.78 is 3.92. The summed E-state index contributed by atoms with van der Waals surface area (Å²) in [5.74, 6) is 0. The monoisotopic (exact) mass is 365 g/mol. The van der Waals surface area contributed by atoms with Crippen molar-refractivity contribution in [3.8, 4) is 0 Å². The van der Waals surface area contributed by atoms with Crippen LogP contribution in [-0.2, 0) is 0 Å². The summed E-state index contributed by atoms with van der Waals surface area (Å²) in [4.78, 5) is 4.39. The van der Waals surface area contributed by atoms with Crippen molar-refractivity contribution < 1.29 is 0 Å². The summed E-state index contributed by atoms with van der Waals surface area (Å²) in [6.07, 6.45) is 1.86. The van der Waals surface area contributed by atoms with Gasteiger partial charge in [0, 0.05) is 15.8 Å². The van der Waals surface area contributed by atoms with Crippen LogP contribution in [0.15, 0.2) is 16.9 Å². The van der Waals surface area contributed by atoms with E-state index in [1.54, 1.807) is 0 Å². The Bertz CT molecular complexity index is 478. The van der Waals surface area contributed by atoms with E-state index in [0.717, 1.165) is 19.2 Å². The fourth-order valence-electron chi connectivity index (χ4n) is 1.32. The zero-order chi connectivity index (χ0) is 10.3. The first-order chi connectivity index (χ1) is 6.59. The molecule has 0 fully saturated rings. The molecule has 2 heterocycles. The number of halogens is 2. The number of pyridine rings is 1. The van der Waals surface area contributed by atoms with Gasteiger partial charge in [0.2, 0.25) is 0 Å². The van der Waals surface area contributed by atoms with Gasteiger partial charge in [-0.15, -0.1) is 0 Å². The summed E-state index contributed by atoms with van der Waals surface area (Å²) in [6.45, 7) is 4.19. The van der Waals surface area contributed by atoms with Crippen molar-refractivity contribution >= 4 is 49.6 Å². The van der Waals surface area contributed by atoms with Crippen molar-refractivity contribution in [3.05, 3.63) is 20.4 Å². The molecule has 0 radical (unpaired) electrons. The number of hydrogen-bond acceptors (Lipinski definition) is 2. The predicted molar refractivity (Wildman–Crippen MR) is 68.3 cm³/mol. The first-order valence-corrected chi connectivity index (χ1v) is 6.16. The molecule has 0 spiro atoms. The quantitative estimate of drug-likeness (QED) is 0.725. The molecule has 0 aliphatic heterocycles. The van der Waals surface area contributed by atoms with E-state index < -0.39 is 0 Å². The van der Waals surface area contributed by atoms with Crippen LogP contribution in [-0.4, -0.2) is 14.8 Å². The number of rotatable bonds is 1. The lowest BCUT2D eigenvalue weighted by Gasteiger charge is -2.05. The van der Waals surface area contributed by atoms with E-state index in [9.17, 15) is 0 Å². The Morgan fingerprint density at radius 1 is 1.50 bits per heavy atom. The lowest BCUT2D eigenvalue weighted by molar-refractivity contribution is 0.543.